The summed E-state index contributed by atoms with van der Waals surface area (Å²) in [7, 11) is 1.30. The summed E-state index contributed by atoms with van der Waals surface area (Å²) in [6.07, 6.45) is 1.79. The number of carbonyl (C=O) groups excluding carboxylic acids is 3. The van der Waals surface area contributed by atoms with Crippen molar-refractivity contribution < 1.29 is 23.9 Å². The molecular formula is C22H33BrN2O5. The Morgan fingerprint density at radius 2 is 1.77 bits per heavy atom. The highest BCUT2D eigenvalue weighted by Gasteiger charge is 2.39. The van der Waals surface area contributed by atoms with Gasteiger partial charge in [0.2, 0.25) is 0 Å². The predicted octanol–water partition coefficient (Wildman–Crippen LogP) is 4.60. The normalized spacial score (nSPS) is 16.8. The first-order valence-corrected chi connectivity index (χ1v) is 11.0. The van der Waals surface area contributed by atoms with E-state index in [9.17, 15) is 14.4 Å². The molecule has 1 heterocycles. The second kappa shape index (κ2) is 11.9. The van der Waals surface area contributed by atoms with E-state index >= 15 is 0 Å². The van der Waals surface area contributed by atoms with Crippen molar-refractivity contribution in [3.8, 4) is 0 Å². The Bertz CT molecular complexity index is 715. The average Bonchev–Trinajstić information content (AvgIpc) is 3.15. The van der Waals surface area contributed by atoms with Crippen LogP contribution in [0.15, 0.2) is 28.7 Å². The zero-order valence-electron chi connectivity index (χ0n) is 18.7. The molecule has 1 aromatic rings. The average molecular weight is 485 g/mol. The minimum Gasteiger partial charge on any atom is -0.467 e. The number of methoxy groups -OCH3 is 1. The summed E-state index contributed by atoms with van der Waals surface area (Å²) in [6.45, 7) is 9.92. The zero-order chi connectivity index (χ0) is 22.9. The van der Waals surface area contributed by atoms with Crippen LogP contribution in [0.25, 0.3) is 0 Å². The Labute approximate surface area is 187 Å². The number of halogens is 1. The smallest absolute Gasteiger partial charge is 0.408 e. The van der Waals surface area contributed by atoms with E-state index in [1.165, 1.54) is 18.4 Å². The van der Waals surface area contributed by atoms with Crippen LogP contribution in [0.4, 0.5) is 4.79 Å². The van der Waals surface area contributed by atoms with Gasteiger partial charge in [0.1, 0.15) is 17.7 Å². The summed E-state index contributed by atoms with van der Waals surface area (Å²) < 4.78 is 11.0. The third-order valence-corrected chi connectivity index (χ3v) is 4.65. The molecule has 0 aromatic heterocycles. The van der Waals surface area contributed by atoms with Gasteiger partial charge in [-0.05, 0) is 51.3 Å². The molecule has 2 rings (SSSR count). The summed E-state index contributed by atoms with van der Waals surface area (Å²) in [5.41, 5.74) is -0.0934. The highest BCUT2D eigenvalue weighted by Crippen LogP contribution is 2.25. The molecule has 0 radical (unpaired) electrons. The molecule has 1 fully saturated rings. The van der Waals surface area contributed by atoms with Crippen LogP contribution in [0.5, 0.6) is 0 Å². The van der Waals surface area contributed by atoms with Gasteiger partial charge in [-0.2, -0.15) is 0 Å². The number of rotatable bonds is 4. The number of hydrogen-bond donors (Lipinski definition) is 1. The largest absolute Gasteiger partial charge is 0.467 e. The van der Waals surface area contributed by atoms with Crippen LogP contribution in [-0.4, -0.2) is 48.2 Å². The topological polar surface area (TPSA) is 84.9 Å². The zero-order valence-corrected chi connectivity index (χ0v) is 20.2. The van der Waals surface area contributed by atoms with Gasteiger partial charge in [0.05, 0.1) is 7.11 Å². The number of likely N-dealkylation sites (tertiary alicyclic amines) is 1. The van der Waals surface area contributed by atoms with E-state index in [2.05, 4.69) is 35.1 Å². The van der Waals surface area contributed by atoms with Gasteiger partial charge in [-0.1, -0.05) is 48.3 Å². The Hall–Kier alpha value is -2.09. The maximum Gasteiger partial charge on any atom is 0.408 e. The Morgan fingerprint density at radius 1 is 1.20 bits per heavy atom. The fraction of sp³-hybridized carbons (Fsp3) is 0.591. The molecule has 2 unspecified atom stereocenters. The Balaban J connectivity index is 0.00000141. The van der Waals surface area contributed by atoms with E-state index in [1.54, 1.807) is 45.0 Å². The van der Waals surface area contributed by atoms with Crippen molar-refractivity contribution in [3.63, 3.8) is 0 Å². The van der Waals surface area contributed by atoms with Crippen molar-refractivity contribution in [2.75, 3.05) is 13.7 Å². The van der Waals surface area contributed by atoms with Crippen molar-refractivity contribution >= 4 is 33.9 Å². The highest BCUT2D eigenvalue weighted by atomic mass is 79.9. The minimum absolute atomic E-state index is 0.365. The molecule has 2 amide bonds. The predicted molar refractivity (Wildman–Crippen MR) is 119 cm³/mol. The lowest BCUT2D eigenvalue weighted by molar-refractivity contribution is -0.151. The molecule has 1 N–H and O–H groups in total. The SMILES string of the molecule is CCC.COC(=O)C1CCCN1C(=O)C(NC(=O)OC(C)(C)C)c1ccc(Br)cc1. The van der Waals surface area contributed by atoms with E-state index in [0.29, 0.717) is 24.9 Å². The summed E-state index contributed by atoms with van der Waals surface area (Å²) >= 11 is 3.36. The van der Waals surface area contributed by atoms with E-state index in [4.69, 9.17) is 9.47 Å². The number of ether oxygens (including phenoxy) is 2. The summed E-state index contributed by atoms with van der Waals surface area (Å²) in [4.78, 5) is 39.0. The molecule has 1 saturated heterocycles. The molecule has 8 heteroatoms. The van der Waals surface area contributed by atoms with Crippen molar-refractivity contribution in [2.24, 2.45) is 0 Å². The lowest BCUT2D eigenvalue weighted by Crippen LogP contribution is -2.48. The molecule has 168 valence electrons. The molecule has 1 aliphatic rings. The number of nitrogens with one attached hydrogen (secondary N) is 1. The van der Waals surface area contributed by atoms with E-state index in [1.807, 2.05) is 0 Å². The number of carbonyl (C=O) groups is 3. The van der Waals surface area contributed by atoms with E-state index in [-0.39, 0.29) is 5.91 Å². The van der Waals surface area contributed by atoms with Crippen LogP contribution >= 0.6 is 15.9 Å². The molecule has 30 heavy (non-hydrogen) atoms. The maximum absolute atomic E-state index is 13.2. The summed E-state index contributed by atoms with van der Waals surface area (Å²) in [6, 6.07) is 5.46. The first-order chi connectivity index (χ1) is 14.0. The van der Waals surface area contributed by atoms with Gasteiger partial charge in [0.25, 0.3) is 5.91 Å². The standard InChI is InChI=1S/C19H25BrN2O5.C3H8/c1-19(2,3)27-18(25)21-15(12-7-9-13(20)10-8-12)16(23)22-11-5-6-14(22)17(24)26-4;1-3-2/h7-10,14-15H,5-6,11H2,1-4H3,(H,21,25);3H2,1-2H3. The number of amides is 2. The third kappa shape index (κ3) is 7.97. The number of hydrogen-bond acceptors (Lipinski definition) is 5. The van der Waals surface area contributed by atoms with Crippen LogP contribution in [0, 0.1) is 0 Å². The van der Waals surface area contributed by atoms with Gasteiger partial charge in [0, 0.05) is 11.0 Å². The number of nitrogens with zero attached hydrogens (tertiary/aromatic N) is 1. The van der Waals surface area contributed by atoms with E-state index < -0.39 is 29.7 Å². The lowest BCUT2D eigenvalue weighted by atomic mass is 10.1. The molecule has 0 spiro atoms. The molecule has 1 aromatic carbocycles. The second-order valence-corrected chi connectivity index (χ2v) is 8.97. The van der Waals surface area contributed by atoms with Crippen LogP contribution in [-0.2, 0) is 19.1 Å². The van der Waals surface area contributed by atoms with Crippen LogP contribution in [0.3, 0.4) is 0 Å². The fourth-order valence-corrected chi connectivity index (χ4v) is 3.21. The molecule has 0 saturated carbocycles. The van der Waals surface area contributed by atoms with Gasteiger partial charge in [-0.25, -0.2) is 9.59 Å². The minimum atomic E-state index is -0.960. The number of esters is 1. The molecule has 0 bridgehead atoms. The number of benzene rings is 1. The lowest BCUT2D eigenvalue weighted by Gasteiger charge is -2.29. The van der Waals surface area contributed by atoms with Gasteiger partial charge in [-0.15, -0.1) is 0 Å². The maximum atomic E-state index is 13.2. The van der Waals surface area contributed by atoms with Crippen molar-refractivity contribution in [1.29, 1.82) is 0 Å². The van der Waals surface area contributed by atoms with Crippen molar-refractivity contribution in [1.82, 2.24) is 10.2 Å². The fourth-order valence-electron chi connectivity index (χ4n) is 2.95. The van der Waals surface area contributed by atoms with Gasteiger partial charge < -0.3 is 19.7 Å². The summed E-state index contributed by atoms with van der Waals surface area (Å²) in [5.74, 6) is -0.816. The Kier molecular flexibility index (Phi) is 10.3. The second-order valence-electron chi connectivity index (χ2n) is 8.05. The molecule has 1 aliphatic heterocycles. The molecule has 0 aliphatic carbocycles. The number of alkyl carbamates (subject to hydrolysis) is 1. The van der Waals surface area contributed by atoms with Crippen LogP contribution < -0.4 is 5.32 Å². The first kappa shape index (κ1) is 25.9. The molecular weight excluding hydrogens is 452 g/mol. The van der Waals surface area contributed by atoms with Gasteiger partial charge >= 0.3 is 12.1 Å². The van der Waals surface area contributed by atoms with Crippen LogP contribution in [0.1, 0.15) is 65.5 Å². The summed E-state index contributed by atoms with van der Waals surface area (Å²) in [5, 5.41) is 2.64. The van der Waals surface area contributed by atoms with Crippen molar-refractivity contribution in [2.45, 2.75) is 71.6 Å². The molecule has 7 nitrogen and oxygen atoms in total. The third-order valence-electron chi connectivity index (χ3n) is 4.12. The van der Waals surface area contributed by atoms with Gasteiger partial charge in [0.15, 0.2) is 0 Å². The first-order valence-electron chi connectivity index (χ1n) is 10.2. The van der Waals surface area contributed by atoms with Crippen molar-refractivity contribution in [3.05, 3.63) is 34.3 Å². The van der Waals surface area contributed by atoms with Crippen LogP contribution in [0.2, 0.25) is 0 Å². The molecule has 2 atom stereocenters. The quantitative estimate of drug-likeness (QED) is 0.631. The highest BCUT2D eigenvalue weighted by molar-refractivity contribution is 9.10. The van der Waals surface area contributed by atoms with E-state index in [0.717, 1.165) is 4.47 Å². The monoisotopic (exact) mass is 484 g/mol. The van der Waals surface area contributed by atoms with Gasteiger partial charge in [-0.3, -0.25) is 4.79 Å². The Morgan fingerprint density at radius 3 is 2.27 bits per heavy atom.